The van der Waals surface area contributed by atoms with Gasteiger partial charge in [-0.15, -0.1) is 11.3 Å². The third kappa shape index (κ3) is 3.81. The van der Waals surface area contributed by atoms with Crippen LogP contribution in [0.25, 0.3) is 0 Å². The summed E-state index contributed by atoms with van der Waals surface area (Å²) in [5, 5.41) is 7.36. The van der Waals surface area contributed by atoms with E-state index in [0.29, 0.717) is 48.2 Å². The van der Waals surface area contributed by atoms with E-state index in [1.54, 1.807) is 24.3 Å². The monoisotopic (exact) mass is 332 g/mol. The summed E-state index contributed by atoms with van der Waals surface area (Å²) < 4.78 is 10.9. The molecular formula is C16H16N2O4S. The lowest BCUT2D eigenvalue weighted by atomic mass is 10.2. The fraction of sp³-hybridized carbons (Fsp3) is 0.250. The molecule has 0 aliphatic carbocycles. The first-order valence-electron chi connectivity index (χ1n) is 7.23. The van der Waals surface area contributed by atoms with Gasteiger partial charge in [-0.3, -0.25) is 9.59 Å². The average molecular weight is 332 g/mol. The Morgan fingerprint density at radius 3 is 2.48 bits per heavy atom. The lowest BCUT2D eigenvalue weighted by molar-refractivity contribution is 0.0929. The number of hydrogen-bond donors (Lipinski definition) is 2. The molecule has 0 radical (unpaired) electrons. The molecule has 2 heterocycles. The summed E-state index contributed by atoms with van der Waals surface area (Å²) in [5.41, 5.74) is 0.499. The zero-order chi connectivity index (χ0) is 16.1. The fourth-order valence-corrected chi connectivity index (χ4v) is 2.77. The van der Waals surface area contributed by atoms with Crippen molar-refractivity contribution in [3.63, 3.8) is 0 Å². The van der Waals surface area contributed by atoms with E-state index >= 15 is 0 Å². The van der Waals surface area contributed by atoms with Crippen molar-refractivity contribution in [1.82, 2.24) is 10.6 Å². The molecule has 0 saturated carbocycles. The molecule has 1 aliphatic rings. The topological polar surface area (TPSA) is 76.7 Å². The predicted octanol–water partition coefficient (Wildman–Crippen LogP) is 1.68. The number of rotatable bonds is 5. The van der Waals surface area contributed by atoms with Gasteiger partial charge < -0.3 is 20.1 Å². The van der Waals surface area contributed by atoms with E-state index in [9.17, 15) is 9.59 Å². The van der Waals surface area contributed by atoms with Crippen LogP contribution in [0.5, 0.6) is 11.5 Å². The summed E-state index contributed by atoms with van der Waals surface area (Å²) >= 11 is 1.38. The van der Waals surface area contributed by atoms with Gasteiger partial charge in [0.15, 0.2) is 11.5 Å². The molecular weight excluding hydrogens is 316 g/mol. The highest BCUT2D eigenvalue weighted by atomic mass is 32.1. The number of thiophene rings is 1. The number of benzene rings is 1. The van der Waals surface area contributed by atoms with Gasteiger partial charge in [-0.1, -0.05) is 6.07 Å². The normalized spacial score (nSPS) is 12.5. The molecule has 1 aliphatic heterocycles. The van der Waals surface area contributed by atoms with Crippen LogP contribution < -0.4 is 20.1 Å². The SMILES string of the molecule is O=C(NCCNC(=O)c1cccs1)c1ccc2c(c1)OCCO2. The molecule has 1 aromatic carbocycles. The molecule has 6 nitrogen and oxygen atoms in total. The number of amides is 2. The minimum Gasteiger partial charge on any atom is -0.486 e. The zero-order valence-electron chi connectivity index (χ0n) is 12.3. The van der Waals surface area contributed by atoms with Crippen LogP contribution in [-0.4, -0.2) is 38.1 Å². The maximum absolute atomic E-state index is 12.1. The van der Waals surface area contributed by atoms with Crippen LogP contribution in [0.4, 0.5) is 0 Å². The largest absolute Gasteiger partial charge is 0.486 e. The summed E-state index contributed by atoms with van der Waals surface area (Å²) in [5.74, 6) is 0.881. The molecule has 23 heavy (non-hydrogen) atoms. The lowest BCUT2D eigenvalue weighted by Crippen LogP contribution is -2.34. The summed E-state index contributed by atoms with van der Waals surface area (Å²) in [6, 6.07) is 8.65. The highest BCUT2D eigenvalue weighted by Gasteiger charge is 2.14. The van der Waals surface area contributed by atoms with Crippen LogP contribution in [0.2, 0.25) is 0 Å². The van der Waals surface area contributed by atoms with E-state index in [0.717, 1.165) is 0 Å². The van der Waals surface area contributed by atoms with Gasteiger partial charge in [0, 0.05) is 18.7 Å². The third-order valence-corrected chi connectivity index (χ3v) is 4.11. The molecule has 0 atom stereocenters. The molecule has 0 spiro atoms. The Labute approximate surface area is 137 Å². The second kappa shape index (κ2) is 7.15. The van der Waals surface area contributed by atoms with Crippen LogP contribution >= 0.6 is 11.3 Å². The maximum atomic E-state index is 12.1. The zero-order valence-corrected chi connectivity index (χ0v) is 13.2. The van der Waals surface area contributed by atoms with Gasteiger partial charge in [0.2, 0.25) is 0 Å². The Balaban J connectivity index is 1.47. The van der Waals surface area contributed by atoms with Crippen LogP contribution in [-0.2, 0) is 0 Å². The molecule has 0 saturated heterocycles. The van der Waals surface area contributed by atoms with E-state index in [2.05, 4.69) is 10.6 Å². The molecule has 0 fully saturated rings. The Bertz CT molecular complexity index is 700. The minimum absolute atomic E-state index is 0.131. The molecule has 7 heteroatoms. The summed E-state index contributed by atoms with van der Waals surface area (Å²) in [7, 11) is 0. The minimum atomic E-state index is -0.215. The first kappa shape index (κ1) is 15.4. The number of ether oxygens (including phenoxy) is 2. The van der Waals surface area contributed by atoms with E-state index in [-0.39, 0.29) is 11.8 Å². The van der Waals surface area contributed by atoms with Gasteiger partial charge in [-0.2, -0.15) is 0 Å². The van der Waals surface area contributed by atoms with E-state index in [1.165, 1.54) is 11.3 Å². The van der Waals surface area contributed by atoms with Crippen molar-refractivity contribution >= 4 is 23.2 Å². The van der Waals surface area contributed by atoms with Crippen molar-refractivity contribution < 1.29 is 19.1 Å². The van der Waals surface area contributed by atoms with Crippen LogP contribution in [0, 0.1) is 0 Å². The molecule has 0 bridgehead atoms. The summed E-state index contributed by atoms with van der Waals surface area (Å²) in [6.45, 7) is 1.72. The second-order valence-electron chi connectivity index (χ2n) is 4.85. The Hall–Kier alpha value is -2.54. The van der Waals surface area contributed by atoms with Crippen LogP contribution in [0.3, 0.4) is 0 Å². The lowest BCUT2D eigenvalue weighted by Gasteiger charge is -2.18. The highest BCUT2D eigenvalue weighted by molar-refractivity contribution is 7.12. The number of fused-ring (bicyclic) bond motifs is 1. The van der Waals surface area contributed by atoms with Crippen LogP contribution in [0.15, 0.2) is 35.7 Å². The van der Waals surface area contributed by atoms with Gasteiger partial charge >= 0.3 is 0 Å². The third-order valence-electron chi connectivity index (χ3n) is 3.25. The van der Waals surface area contributed by atoms with Crippen molar-refractivity contribution in [3.8, 4) is 11.5 Å². The molecule has 1 aromatic heterocycles. The maximum Gasteiger partial charge on any atom is 0.261 e. The average Bonchev–Trinajstić information content (AvgIpc) is 3.12. The second-order valence-corrected chi connectivity index (χ2v) is 5.80. The Kier molecular flexibility index (Phi) is 4.77. The van der Waals surface area contributed by atoms with E-state index in [1.807, 2.05) is 11.4 Å². The molecule has 2 amide bonds. The van der Waals surface area contributed by atoms with Gasteiger partial charge in [0.25, 0.3) is 11.8 Å². The van der Waals surface area contributed by atoms with E-state index in [4.69, 9.17) is 9.47 Å². The van der Waals surface area contributed by atoms with Crippen molar-refractivity contribution in [2.24, 2.45) is 0 Å². The van der Waals surface area contributed by atoms with Crippen molar-refractivity contribution in [3.05, 3.63) is 46.2 Å². The van der Waals surface area contributed by atoms with Crippen LogP contribution in [0.1, 0.15) is 20.0 Å². The van der Waals surface area contributed by atoms with Crippen molar-refractivity contribution in [1.29, 1.82) is 0 Å². The van der Waals surface area contributed by atoms with E-state index < -0.39 is 0 Å². The summed E-state index contributed by atoms with van der Waals surface area (Å²) in [4.78, 5) is 24.5. The van der Waals surface area contributed by atoms with Gasteiger partial charge in [0.05, 0.1) is 4.88 Å². The highest BCUT2D eigenvalue weighted by Crippen LogP contribution is 2.30. The number of nitrogens with one attached hydrogen (secondary N) is 2. The fourth-order valence-electron chi connectivity index (χ4n) is 2.13. The number of carbonyl (C=O) groups excluding carboxylic acids is 2. The molecule has 2 N–H and O–H groups in total. The molecule has 0 unspecified atom stereocenters. The Morgan fingerprint density at radius 2 is 1.74 bits per heavy atom. The number of hydrogen-bond acceptors (Lipinski definition) is 5. The first-order chi connectivity index (χ1) is 11.2. The van der Waals surface area contributed by atoms with Gasteiger partial charge in [-0.25, -0.2) is 0 Å². The van der Waals surface area contributed by atoms with Crippen molar-refractivity contribution in [2.75, 3.05) is 26.3 Å². The molecule has 2 aromatic rings. The molecule has 120 valence electrons. The quantitative estimate of drug-likeness (QED) is 0.817. The van der Waals surface area contributed by atoms with Gasteiger partial charge in [-0.05, 0) is 29.6 Å². The first-order valence-corrected chi connectivity index (χ1v) is 8.11. The summed E-state index contributed by atoms with van der Waals surface area (Å²) in [6.07, 6.45) is 0. The standard InChI is InChI=1S/C16H16N2O4S/c19-15(11-3-4-12-13(10-11)22-8-7-21-12)17-5-6-18-16(20)14-2-1-9-23-14/h1-4,9-10H,5-8H2,(H,17,19)(H,18,20). The smallest absolute Gasteiger partial charge is 0.261 e. The molecule has 3 rings (SSSR count). The van der Waals surface area contributed by atoms with Crippen molar-refractivity contribution in [2.45, 2.75) is 0 Å². The Morgan fingerprint density at radius 1 is 1.00 bits per heavy atom. The predicted molar refractivity (Wildman–Crippen MR) is 86.4 cm³/mol. The van der Waals surface area contributed by atoms with Gasteiger partial charge in [0.1, 0.15) is 13.2 Å². The number of carbonyl (C=O) groups is 2.